The standard InChI is InChI=1S/C19H21F3N4O2/c1-11-12(2)25-16-9-14(3-4-15(16)24-11)17(27)26-7-5-13(6-8-26)10-23-18(28)19(20,21)22/h3-4,9,13H,5-8,10H2,1-2H3,(H,23,28). The minimum absolute atomic E-state index is 0.0371. The average Bonchev–Trinajstić information content (AvgIpc) is 2.65. The predicted octanol–water partition coefficient (Wildman–Crippen LogP) is 2.78. The molecule has 0 radical (unpaired) electrons. The number of aromatic nitrogens is 2. The summed E-state index contributed by atoms with van der Waals surface area (Å²) in [6.45, 7) is 4.56. The first kappa shape index (κ1) is 20.0. The van der Waals surface area contributed by atoms with Crippen molar-refractivity contribution in [1.29, 1.82) is 0 Å². The van der Waals surface area contributed by atoms with Crippen LogP contribution in [0.3, 0.4) is 0 Å². The van der Waals surface area contributed by atoms with Gasteiger partial charge in [0.25, 0.3) is 5.91 Å². The largest absolute Gasteiger partial charge is 0.471 e. The van der Waals surface area contributed by atoms with Gasteiger partial charge in [-0.25, -0.2) is 9.97 Å². The lowest BCUT2D eigenvalue weighted by Crippen LogP contribution is -2.44. The molecule has 6 nitrogen and oxygen atoms in total. The zero-order chi connectivity index (χ0) is 20.5. The highest BCUT2D eigenvalue weighted by Gasteiger charge is 2.38. The molecule has 1 aliphatic rings. The number of nitrogens with zero attached hydrogens (tertiary/aromatic N) is 3. The Kier molecular flexibility index (Phi) is 5.53. The lowest BCUT2D eigenvalue weighted by molar-refractivity contribution is -0.173. The highest BCUT2D eigenvalue weighted by molar-refractivity contribution is 5.97. The van der Waals surface area contributed by atoms with Gasteiger partial charge in [-0.3, -0.25) is 9.59 Å². The van der Waals surface area contributed by atoms with Gasteiger partial charge >= 0.3 is 12.1 Å². The van der Waals surface area contributed by atoms with E-state index in [1.54, 1.807) is 23.1 Å². The van der Waals surface area contributed by atoms with Crippen LogP contribution >= 0.6 is 0 Å². The van der Waals surface area contributed by atoms with E-state index in [2.05, 4.69) is 9.97 Å². The van der Waals surface area contributed by atoms with E-state index in [1.807, 2.05) is 19.2 Å². The normalized spacial score (nSPS) is 15.7. The van der Waals surface area contributed by atoms with Crippen LogP contribution in [-0.4, -0.2) is 52.5 Å². The fourth-order valence-corrected chi connectivity index (χ4v) is 3.22. The first-order valence-electron chi connectivity index (χ1n) is 9.04. The molecule has 1 saturated heterocycles. The maximum Gasteiger partial charge on any atom is 0.471 e. The van der Waals surface area contributed by atoms with Crippen molar-refractivity contribution in [3.63, 3.8) is 0 Å². The third-order valence-electron chi connectivity index (χ3n) is 5.03. The molecular weight excluding hydrogens is 373 g/mol. The minimum Gasteiger partial charge on any atom is -0.348 e. The molecule has 1 aromatic carbocycles. The second-order valence-corrected chi connectivity index (χ2v) is 7.04. The number of hydrogen-bond acceptors (Lipinski definition) is 4. The summed E-state index contributed by atoms with van der Waals surface area (Å²) >= 11 is 0. The first-order valence-corrected chi connectivity index (χ1v) is 9.04. The summed E-state index contributed by atoms with van der Waals surface area (Å²) in [5.41, 5.74) is 3.52. The number of amides is 2. The summed E-state index contributed by atoms with van der Waals surface area (Å²) in [5.74, 6) is -2.14. The fraction of sp³-hybridized carbons (Fsp3) is 0.474. The molecule has 2 amide bonds. The number of nitrogens with one attached hydrogen (secondary N) is 1. The van der Waals surface area contributed by atoms with Gasteiger partial charge in [-0.05, 0) is 50.8 Å². The maximum absolute atomic E-state index is 12.8. The average molecular weight is 394 g/mol. The molecule has 1 aliphatic heterocycles. The van der Waals surface area contributed by atoms with E-state index in [0.29, 0.717) is 37.0 Å². The van der Waals surface area contributed by atoms with Crippen LogP contribution in [0.1, 0.15) is 34.6 Å². The summed E-state index contributed by atoms with van der Waals surface area (Å²) in [6.07, 6.45) is -3.79. The van der Waals surface area contributed by atoms with Gasteiger partial charge in [0.2, 0.25) is 0 Å². The van der Waals surface area contributed by atoms with Crippen molar-refractivity contribution in [2.45, 2.75) is 32.9 Å². The SMILES string of the molecule is Cc1nc2ccc(C(=O)N3CCC(CNC(=O)C(F)(F)F)CC3)cc2nc1C. The van der Waals surface area contributed by atoms with Crippen molar-refractivity contribution in [2.75, 3.05) is 19.6 Å². The van der Waals surface area contributed by atoms with Gasteiger partial charge in [0, 0.05) is 25.2 Å². The summed E-state index contributed by atoms with van der Waals surface area (Å²) in [6, 6.07) is 5.19. The number of likely N-dealkylation sites (tertiary alicyclic amines) is 1. The van der Waals surface area contributed by atoms with E-state index in [1.165, 1.54) is 0 Å². The van der Waals surface area contributed by atoms with Crippen LogP contribution in [-0.2, 0) is 4.79 Å². The molecule has 0 spiro atoms. The number of carbonyl (C=O) groups excluding carboxylic acids is 2. The molecule has 2 aromatic rings. The molecular formula is C19H21F3N4O2. The van der Waals surface area contributed by atoms with Crippen molar-refractivity contribution in [3.05, 3.63) is 35.2 Å². The second kappa shape index (κ2) is 7.73. The van der Waals surface area contributed by atoms with Gasteiger partial charge < -0.3 is 10.2 Å². The molecule has 0 saturated carbocycles. The summed E-state index contributed by atoms with van der Waals surface area (Å²) in [5, 5.41) is 1.92. The number of fused-ring (bicyclic) bond motifs is 1. The van der Waals surface area contributed by atoms with E-state index in [4.69, 9.17) is 0 Å². The number of benzene rings is 1. The van der Waals surface area contributed by atoms with Crippen molar-refractivity contribution in [1.82, 2.24) is 20.2 Å². The highest BCUT2D eigenvalue weighted by Crippen LogP contribution is 2.21. The van der Waals surface area contributed by atoms with Gasteiger partial charge in [0.05, 0.1) is 22.4 Å². The smallest absolute Gasteiger partial charge is 0.348 e. The zero-order valence-corrected chi connectivity index (χ0v) is 15.6. The Balaban J connectivity index is 1.60. The van der Waals surface area contributed by atoms with E-state index in [0.717, 1.165) is 16.9 Å². The molecule has 0 aliphatic carbocycles. The van der Waals surface area contributed by atoms with Crippen molar-refractivity contribution in [3.8, 4) is 0 Å². The number of rotatable bonds is 3. The molecule has 0 bridgehead atoms. The quantitative estimate of drug-likeness (QED) is 0.869. The Labute approximate surface area is 160 Å². The maximum atomic E-state index is 12.8. The van der Waals surface area contributed by atoms with E-state index >= 15 is 0 Å². The Bertz CT molecular complexity index is 906. The number of alkyl halides is 3. The molecule has 3 rings (SSSR count). The predicted molar refractivity (Wildman–Crippen MR) is 96.7 cm³/mol. The van der Waals surface area contributed by atoms with Gasteiger partial charge in [-0.2, -0.15) is 13.2 Å². The molecule has 1 aromatic heterocycles. The van der Waals surface area contributed by atoms with Crippen LogP contribution in [0.15, 0.2) is 18.2 Å². The molecule has 0 atom stereocenters. The number of piperidine rings is 1. The molecule has 28 heavy (non-hydrogen) atoms. The number of carbonyl (C=O) groups is 2. The van der Waals surface area contributed by atoms with Gasteiger partial charge in [-0.15, -0.1) is 0 Å². The van der Waals surface area contributed by atoms with E-state index < -0.39 is 12.1 Å². The van der Waals surface area contributed by atoms with Crippen molar-refractivity contribution < 1.29 is 22.8 Å². The Morgan fingerprint density at radius 2 is 1.71 bits per heavy atom. The summed E-state index contributed by atoms with van der Waals surface area (Å²) < 4.78 is 36.7. The Hall–Kier alpha value is -2.71. The molecule has 0 unspecified atom stereocenters. The lowest BCUT2D eigenvalue weighted by Gasteiger charge is -2.32. The zero-order valence-electron chi connectivity index (χ0n) is 15.6. The van der Waals surface area contributed by atoms with E-state index in [-0.39, 0.29) is 18.4 Å². The fourth-order valence-electron chi connectivity index (χ4n) is 3.22. The van der Waals surface area contributed by atoms with Crippen LogP contribution in [0, 0.1) is 19.8 Å². The molecule has 1 N–H and O–H groups in total. The highest BCUT2D eigenvalue weighted by atomic mass is 19.4. The number of hydrogen-bond donors (Lipinski definition) is 1. The minimum atomic E-state index is -4.87. The lowest BCUT2D eigenvalue weighted by atomic mass is 9.96. The van der Waals surface area contributed by atoms with Crippen LogP contribution in [0.4, 0.5) is 13.2 Å². The van der Waals surface area contributed by atoms with Crippen LogP contribution < -0.4 is 5.32 Å². The van der Waals surface area contributed by atoms with Crippen molar-refractivity contribution in [2.24, 2.45) is 5.92 Å². The third kappa shape index (κ3) is 4.40. The van der Waals surface area contributed by atoms with E-state index in [9.17, 15) is 22.8 Å². The Morgan fingerprint density at radius 3 is 2.32 bits per heavy atom. The molecule has 150 valence electrons. The number of halogens is 3. The summed E-state index contributed by atoms with van der Waals surface area (Å²) in [4.78, 5) is 34.3. The Morgan fingerprint density at radius 1 is 1.11 bits per heavy atom. The van der Waals surface area contributed by atoms with Crippen LogP contribution in [0.5, 0.6) is 0 Å². The van der Waals surface area contributed by atoms with Crippen LogP contribution in [0.2, 0.25) is 0 Å². The van der Waals surface area contributed by atoms with Crippen molar-refractivity contribution >= 4 is 22.8 Å². The molecule has 9 heteroatoms. The number of aryl methyl sites for hydroxylation is 2. The first-order chi connectivity index (χ1) is 13.1. The van der Waals surface area contributed by atoms with Gasteiger partial charge in [0.15, 0.2) is 0 Å². The van der Waals surface area contributed by atoms with Gasteiger partial charge in [-0.1, -0.05) is 0 Å². The monoisotopic (exact) mass is 394 g/mol. The third-order valence-corrected chi connectivity index (χ3v) is 5.03. The molecule has 1 fully saturated rings. The van der Waals surface area contributed by atoms with Gasteiger partial charge in [0.1, 0.15) is 0 Å². The van der Waals surface area contributed by atoms with Crippen LogP contribution in [0.25, 0.3) is 11.0 Å². The summed E-state index contributed by atoms with van der Waals surface area (Å²) in [7, 11) is 0. The molecule has 2 heterocycles. The second-order valence-electron chi connectivity index (χ2n) is 7.04. The topological polar surface area (TPSA) is 75.2 Å².